The standard InChI is InChI=1S/C16H29NO5/c1-2-3-4-5-6-7-8-9-10-11-13(18)15(16(21)22)17-12-14(19)20/h15,17H,2-12H2,1H3,(H,19,20)(H,21,22). The quantitative estimate of drug-likeness (QED) is 0.317. The first-order chi connectivity index (χ1) is 10.5. The van der Waals surface area contributed by atoms with Gasteiger partial charge in [-0.1, -0.05) is 58.3 Å². The molecule has 1 unspecified atom stereocenters. The van der Waals surface area contributed by atoms with Gasteiger partial charge in [0, 0.05) is 6.42 Å². The Morgan fingerprint density at radius 2 is 1.36 bits per heavy atom. The average Bonchev–Trinajstić information content (AvgIpc) is 2.45. The van der Waals surface area contributed by atoms with E-state index in [4.69, 9.17) is 10.2 Å². The largest absolute Gasteiger partial charge is 0.480 e. The minimum Gasteiger partial charge on any atom is -0.480 e. The second kappa shape index (κ2) is 13.2. The van der Waals surface area contributed by atoms with Crippen LogP contribution in [-0.2, 0) is 14.4 Å². The summed E-state index contributed by atoms with van der Waals surface area (Å²) in [4.78, 5) is 33.1. The number of ketones is 1. The highest BCUT2D eigenvalue weighted by atomic mass is 16.4. The molecule has 0 aromatic carbocycles. The molecule has 22 heavy (non-hydrogen) atoms. The van der Waals surface area contributed by atoms with Crippen molar-refractivity contribution in [3.05, 3.63) is 0 Å². The Labute approximate surface area is 132 Å². The monoisotopic (exact) mass is 315 g/mol. The molecule has 3 N–H and O–H groups in total. The fraction of sp³-hybridized carbons (Fsp3) is 0.812. The van der Waals surface area contributed by atoms with E-state index < -0.39 is 30.3 Å². The molecule has 6 heteroatoms. The normalized spacial score (nSPS) is 12.0. The lowest BCUT2D eigenvalue weighted by Crippen LogP contribution is -2.45. The summed E-state index contributed by atoms with van der Waals surface area (Å²) in [7, 11) is 0. The number of unbranched alkanes of at least 4 members (excludes halogenated alkanes) is 8. The van der Waals surface area contributed by atoms with Crippen molar-refractivity contribution in [2.45, 2.75) is 77.2 Å². The molecule has 0 saturated heterocycles. The van der Waals surface area contributed by atoms with Crippen LogP contribution in [0, 0.1) is 0 Å². The first kappa shape index (κ1) is 20.6. The fourth-order valence-corrected chi connectivity index (χ4v) is 2.28. The van der Waals surface area contributed by atoms with E-state index in [0.29, 0.717) is 6.42 Å². The van der Waals surface area contributed by atoms with Crippen molar-refractivity contribution >= 4 is 17.7 Å². The average molecular weight is 315 g/mol. The van der Waals surface area contributed by atoms with Crippen molar-refractivity contribution in [3.63, 3.8) is 0 Å². The Balaban J connectivity index is 3.72. The number of rotatable bonds is 15. The van der Waals surface area contributed by atoms with Gasteiger partial charge in [-0.05, 0) is 6.42 Å². The van der Waals surface area contributed by atoms with Crippen molar-refractivity contribution in [1.29, 1.82) is 0 Å². The molecule has 0 aliphatic carbocycles. The number of carbonyl (C=O) groups is 3. The molecular formula is C16H29NO5. The van der Waals surface area contributed by atoms with Crippen LogP contribution in [0.4, 0.5) is 0 Å². The molecule has 0 aliphatic rings. The smallest absolute Gasteiger partial charge is 0.328 e. The predicted octanol–water partition coefficient (Wildman–Crippen LogP) is 2.60. The van der Waals surface area contributed by atoms with Crippen molar-refractivity contribution in [2.24, 2.45) is 0 Å². The molecule has 0 bridgehead atoms. The van der Waals surface area contributed by atoms with Crippen LogP contribution in [0.15, 0.2) is 0 Å². The summed E-state index contributed by atoms with van der Waals surface area (Å²) < 4.78 is 0. The zero-order valence-electron chi connectivity index (χ0n) is 13.5. The van der Waals surface area contributed by atoms with Crippen LogP contribution in [0.2, 0.25) is 0 Å². The van der Waals surface area contributed by atoms with Gasteiger partial charge < -0.3 is 10.2 Å². The molecule has 0 rings (SSSR count). The zero-order chi connectivity index (χ0) is 16.8. The minimum absolute atomic E-state index is 0.180. The number of aliphatic carboxylic acids is 2. The number of hydrogen-bond acceptors (Lipinski definition) is 4. The maximum absolute atomic E-state index is 11.8. The zero-order valence-corrected chi connectivity index (χ0v) is 13.5. The molecule has 0 aromatic rings. The van der Waals surface area contributed by atoms with E-state index >= 15 is 0 Å². The molecule has 0 fully saturated rings. The van der Waals surface area contributed by atoms with E-state index in [1.165, 1.54) is 32.1 Å². The first-order valence-electron chi connectivity index (χ1n) is 8.19. The SMILES string of the molecule is CCCCCCCCCCCC(=O)C(NCC(=O)O)C(=O)O. The van der Waals surface area contributed by atoms with Gasteiger partial charge in [0.1, 0.15) is 0 Å². The minimum atomic E-state index is -1.41. The molecule has 0 spiro atoms. The summed E-state index contributed by atoms with van der Waals surface area (Å²) in [5.74, 6) is -2.94. The molecule has 0 saturated carbocycles. The van der Waals surface area contributed by atoms with Gasteiger partial charge in [0.05, 0.1) is 6.54 Å². The number of carboxylic acids is 2. The number of nitrogens with one attached hydrogen (secondary N) is 1. The molecule has 6 nitrogen and oxygen atoms in total. The third-order valence-corrected chi connectivity index (χ3v) is 3.55. The topological polar surface area (TPSA) is 104 Å². The number of carboxylic acid groups (broad SMARTS) is 2. The number of hydrogen-bond donors (Lipinski definition) is 3. The molecular weight excluding hydrogens is 286 g/mol. The van der Waals surface area contributed by atoms with Crippen molar-refractivity contribution in [2.75, 3.05) is 6.54 Å². The van der Waals surface area contributed by atoms with Gasteiger partial charge in [-0.2, -0.15) is 0 Å². The van der Waals surface area contributed by atoms with Gasteiger partial charge in [0.25, 0.3) is 0 Å². The highest BCUT2D eigenvalue weighted by molar-refractivity contribution is 6.02. The van der Waals surface area contributed by atoms with E-state index in [2.05, 4.69) is 12.2 Å². The molecule has 0 amide bonds. The lowest BCUT2D eigenvalue weighted by Gasteiger charge is -2.11. The number of carbonyl (C=O) groups excluding carboxylic acids is 1. The Morgan fingerprint density at radius 1 is 0.864 bits per heavy atom. The molecule has 0 aliphatic heterocycles. The molecule has 128 valence electrons. The third-order valence-electron chi connectivity index (χ3n) is 3.55. The van der Waals surface area contributed by atoms with Crippen LogP contribution in [0.5, 0.6) is 0 Å². The summed E-state index contributed by atoms with van der Waals surface area (Å²) in [6.07, 6.45) is 10.2. The van der Waals surface area contributed by atoms with E-state index in [1.807, 2.05) is 0 Å². The van der Waals surface area contributed by atoms with Crippen LogP contribution < -0.4 is 5.32 Å². The third kappa shape index (κ3) is 11.3. The second-order valence-electron chi connectivity index (χ2n) is 5.59. The van der Waals surface area contributed by atoms with Gasteiger partial charge in [-0.15, -0.1) is 0 Å². The summed E-state index contributed by atoms with van der Waals surface area (Å²) >= 11 is 0. The number of Topliss-reactive ketones (excluding diaryl/α,β-unsaturated/α-hetero) is 1. The van der Waals surface area contributed by atoms with Gasteiger partial charge in [0.2, 0.25) is 0 Å². The Bertz CT molecular complexity index is 343. The van der Waals surface area contributed by atoms with Gasteiger partial charge >= 0.3 is 11.9 Å². The van der Waals surface area contributed by atoms with E-state index in [9.17, 15) is 14.4 Å². The Hall–Kier alpha value is -1.43. The highest BCUT2D eigenvalue weighted by Gasteiger charge is 2.25. The first-order valence-corrected chi connectivity index (χ1v) is 8.19. The molecule has 0 radical (unpaired) electrons. The van der Waals surface area contributed by atoms with E-state index in [1.54, 1.807) is 0 Å². The Kier molecular flexibility index (Phi) is 12.4. The van der Waals surface area contributed by atoms with E-state index in [0.717, 1.165) is 19.3 Å². The highest BCUT2D eigenvalue weighted by Crippen LogP contribution is 2.11. The fourth-order valence-electron chi connectivity index (χ4n) is 2.28. The summed E-state index contributed by atoms with van der Waals surface area (Å²) in [6.45, 7) is 1.66. The maximum atomic E-state index is 11.8. The van der Waals surface area contributed by atoms with Gasteiger partial charge in [-0.3, -0.25) is 19.7 Å². The summed E-state index contributed by atoms with van der Waals surface area (Å²) in [6, 6.07) is -1.41. The van der Waals surface area contributed by atoms with Crippen molar-refractivity contribution < 1.29 is 24.6 Å². The molecule has 1 atom stereocenters. The van der Waals surface area contributed by atoms with Crippen LogP contribution in [0.3, 0.4) is 0 Å². The summed E-state index contributed by atoms with van der Waals surface area (Å²) in [5, 5.41) is 19.7. The van der Waals surface area contributed by atoms with Crippen LogP contribution in [-0.4, -0.2) is 40.5 Å². The van der Waals surface area contributed by atoms with Crippen LogP contribution in [0.1, 0.15) is 71.1 Å². The second-order valence-corrected chi connectivity index (χ2v) is 5.59. The van der Waals surface area contributed by atoms with Crippen molar-refractivity contribution in [1.82, 2.24) is 5.32 Å². The molecule has 0 heterocycles. The van der Waals surface area contributed by atoms with Gasteiger partial charge in [0.15, 0.2) is 11.8 Å². The Morgan fingerprint density at radius 3 is 1.82 bits per heavy atom. The van der Waals surface area contributed by atoms with E-state index in [-0.39, 0.29) is 6.42 Å². The van der Waals surface area contributed by atoms with Crippen LogP contribution in [0.25, 0.3) is 0 Å². The lowest BCUT2D eigenvalue weighted by atomic mass is 10.0. The van der Waals surface area contributed by atoms with Gasteiger partial charge in [-0.25, -0.2) is 0 Å². The summed E-state index contributed by atoms with van der Waals surface area (Å²) in [5.41, 5.74) is 0. The molecule has 0 aromatic heterocycles. The van der Waals surface area contributed by atoms with Crippen LogP contribution >= 0.6 is 0 Å². The van der Waals surface area contributed by atoms with Crippen molar-refractivity contribution in [3.8, 4) is 0 Å². The lowest BCUT2D eigenvalue weighted by molar-refractivity contribution is -0.143. The maximum Gasteiger partial charge on any atom is 0.328 e. The predicted molar refractivity (Wildman–Crippen MR) is 83.9 cm³/mol.